The number of ether oxygens (including phenoxy) is 1. The number of likely N-dealkylation sites (N-methyl/N-ethyl adjacent to an activating group) is 1. The third-order valence-electron chi connectivity index (χ3n) is 4.49. The van der Waals surface area contributed by atoms with Crippen molar-refractivity contribution in [3.05, 3.63) is 71.2 Å². The second kappa shape index (κ2) is 5.03. The lowest BCUT2D eigenvalue weighted by molar-refractivity contribution is -0.135. The number of halogens is 1. The lowest BCUT2D eigenvalue weighted by Gasteiger charge is -2.21. The number of carbonyl (C=O) groups excluding carboxylic acids is 2. The number of hydrogen-bond acceptors (Lipinski definition) is 3. The van der Waals surface area contributed by atoms with Crippen LogP contribution in [0.25, 0.3) is 6.08 Å². The number of fused-ring (bicyclic) bond motifs is 2. The SMILES string of the molecule is CN1C(=O)C2(CC(=O)/C(=C/c3ccc(F)cc3)O2)c2ccccc21. The van der Waals surface area contributed by atoms with E-state index in [1.54, 1.807) is 25.3 Å². The van der Waals surface area contributed by atoms with Gasteiger partial charge in [0.25, 0.3) is 5.91 Å². The normalized spacial score (nSPS) is 23.9. The van der Waals surface area contributed by atoms with E-state index in [0.717, 1.165) is 5.69 Å². The highest BCUT2D eigenvalue weighted by molar-refractivity contribution is 6.13. The number of nitrogens with zero attached hydrogens (tertiary/aromatic N) is 1. The van der Waals surface area contributed by atoms with E-state index >= 15 is 0 Å². The largest absolute Gasteiger partial charge is 0.468 e. The Kier molecular flexibility index (Phi) is 3.06. The van der Waals surface area contributed by atoms with Crippen molar-refractivity contribution >= 4 is 23.5 Å². The summed E-state index contributed by atoms with van der Waals surface area (Å²) < 4.78 is 18.9. The van der Waals surface area contributed by atoms with Gasteiger partial charge in [-0.1, -0.05) is 30.3 Å². The number of carbonyl (C=O) groups is 2. The third kappa shape index (κ3) is 1.98. The third-order valence-corrected chi connectivity index (χ3v) is 4.49. The van der Waals surface area contributed by atoms with E-state index in [1.165, 1.54) is 17.0 Å². The van der Waals surface area contributed by atoms with Crippen molar-refractivity contribution in [2.24, 2.45) is 0 Å². The minimum absolute atomic E-state index is 0.0276. The van der Waals surface area contributed by atoms with Crippen LogP contribution in [0.2, 0.25) is 0 Å². The quantitative estimate of drug-likeness (QED) is 0.758. The van der Waals surface area contributed by atoms with Crippen LogP contribution < -0.4 is 4.90 Å². The zero-order valence-corrected chi connectivity index (χ0v) is 13.0. The number of rotatable bonds is 1. The first-order valence-electron chi connectivity index (χ1n) is 7.58. The molecule has 2 heterocycles. The second-order valence-electron chi connectivity index (χ2n) is 5.97. The van der Waals surface area contributed by atoms with Crippen LogP contribution in [0, 0.1) is 5.82 Å². The molecule has 1 fully saturated rings. The van der Waals surface area contributed by atoms with Crippen LogP contribution in [0.5, 0.6) is 0 Å². The van der Waals surface area contributed by atoms with E-state index in [9.17, 15) is 14.0 Å². The summed E-state index contributed by atoms with van der Waals surface area (Å²) in [7, 11) is 1.67. The zero-order chi connectivity index (χ0) is 16.9. The molecule has 0 radical (unpaired) electrons. The lowest BCUT2D eigenvalue weighted by Crippen LogP contribution is -2.38. The summed E-state index contributed by atoms with van der Waals surface area (Å²) in [5.74, 6) is -0.716. The van der Waals surface area contributed by atoms with Gasteiger partial charge in [-0.25, -0.2) is 4.39 Å². The molecule has 2 aliphatic heterocycles. The highest BCUT2D eigenvalue weighted by atomic mass is 19.1. The number of Topliss-reactive ketones (excluding diaryl/α,β-unsaturated/α-hetero) is 1. The van der Waals surface area contributed by atoms with E-state index in [4.69, 9.17) is 4.74 Å². The molecule has 1 atom stereocenters. The fourth-order valence-electron chi connectivity index (χ4n) is 3.29. The predicted molar refractivity (Wildman–Crippen MR) is 86.6 cm³/mol. The number of hydrogen-bond donors (Lipinski definition) is 0. The van der Waals surface area contributed by atoms with E-state index in [1.807, 2.05) is 24.3 Å². The van der Waals surface area contributed by atoms with Crippen molar-refractivity contribution in [2.75, 3.05) is 11.9 Å². The van der Waals surface area contributed by atoms with Crippen molar-refractivity contribution in [3.63, 3.8) is 0 Å². The van der Waals surface area contributed by atoms with E-state index in [0.29, 0.717) is 11.1 Å². The van der Waals surface area contributed by atoms with Crippen LogP contribution >= 0.6 is 0 Å². The summed E-state index contributed by atoms with van der Waals surface area (Å²) in [5, 5.41) is 0. The molecule has 2 aromatic carbocycles. The minimum atomic E-state index is -1.28. The summed E-state index contributed by atoms with van der Waals surface area (Å²) >= 11 is 0. The Bertz CT molecular complexity index is 888. The van der Waals surface area contributed by atoms with Gasteiger partial charge in [0.05, 0.1) is 12.1 Å². The second-order valence-corrected chi connectivity index (χ2v) is 5.97. The molecule has 120 valence electrons. The molecule has 2 aliphatic rings. The van der Waals surface area contributed by atoms with Crippen molar-refractivity contribution < 1.29 is 18.7 Å². The topological polar surface area (TPSA) is 46.6 Å². The molecule has 0 aromatic heterocycles. The van der Waals surface area contributed by atoms with E-state index in [2.05, 4.69) is 0 Å². The summed E-state index contributed by atoms with van der Waals surface area (Å²) in [5.41, 5.74) is 0.810. The van der Waals surface area contributed by atoms with Gasteiger partial charge in [0.1, 0.15) is 5.82 Å². The van der Waals surface area contributed by atoms with Crippen molar-refractivity contribution in [3.8, 4) is 0 Å². The van der Waals surface area contributed by atoms with Crippen LogP contribution in [-0.2, 0) is 19.9 Å². The highest BCUT2D eigenvalue weighted by Gasteiger charge is 2.57. The molecule has 0 N–H and O–H groups in total. The maximum absolute atomic E-state index is 13.0. The molecule has 24 heavy (non-hydrogen) atoms. The molecule has 0 saturated carbocycles. The van der Waals surface area contributed by atoms with Crippen LogP contribution in [0.15, 0.2) is 54.3 Å². The van der Waals surface area contributed by atoms with Gasteiger partial charge in [-0.2, -0.15) is 0 Å². The molecular weight excluding hydrogens is 309 g/mol. The highest BCUT2D eigenvalue weighted by Crippen LogP contribution is 2.49. The van der Waals surface area contributed by atoms with Gasteiger partial charge in [0.2, 0.25) is 11.4 Å². The van der Waals surface area contributed by atoms with Gasteiger partial charge >= 0.3 is 0 Å². The van der Waals surface area contributed by atoms with Gasteiger partial charge in [0, 0.05) is 12.6 Å². The average molecular weight is 323 g/mol. The van der Waals surface area contributed by atoms with Crippen LogP contribution in [-0.4, -0.2) is 18.7 Å². The molecule has 0 aliphatic carbocycles. The fraction of sp³-hybridized carbons (Fsp3) is 0.158. The first-order chi connectivity index (χ1) is 11.5. The van der Waals surface area contributed by atoms with E-state index < -0.39 is 5.60 Å². The summed E-state index contributed by atoms with van der Waals surface area (Å²) in [6.07, 6.45) is 1.52. The molecule has 1 spiro atoms. The van der Waals surface area contributed by atoms with Gasteiger partial charge in [-0.15, -0.1) is 0 Å². The number of amides is 1. The Morgan fingerprint density at radius 3 is 2.58 bits per heavy atom. The van der Waals surface area contributed by atoms with Gasteiger partial charge < -0.3 is 9.64 Å². The molecule has 2 aromatic rings. The Hall–Kier alpha value is -2.95. The van der Waals surface area contributed by atoms with E-state index in [-0.39, 0.29) is 29.7 Å². The fourth-order valence-corrected chi connectivity index (χ4v) is 3.29. The van der Waals surface area contributed by atoms with Gasteiger partial charge in [-0.05, 0) is 29.8 Å². The van der Waals surface area contributed by atoms with Crippen molar-refractivity contribution in [1.29, 1.82) is 0 Å². The first-order valence-corrected chi connectivity index (χ1v) is 7.58. The molecule has 4 nitrogen and oxygen atoms in total. The van der Waals surface area contributed by atoms with Crippen LogP contribution in [0.1, 0.15) is 17.5 Å². The predicted octanol–water partition coefficient (Wildman–Crippen LogP) is 3.03. The molecule has 1 unspecified atom stereocenters. The first kappa shape index (κ1) is 14.6. The molecule has 5 heteroatoms. The Balaban J connectivity index is 1.76. The Morgan fingerprint density at radius 2 is 1.83 bits per heavy atom. The number of anilines is 1. The zero-order valence-electron chi connectivity index (χ0n) is 13.0. The number of benzene rings is 2. The molecule has 1 saturated heterocycles. The van der Waals surface area contributed by atoms with Crippen LogP contribution in [0.3, 0.4) is 0 Å². The number of para-hydroxylation sites is 1. The van der Waals surface area contributed by atoms with Crippen LogP contribution in [0.4, 0.5) is 10.1 Å². The average Bonchev–Trinajstić information content (AvgIpc) is 3.02. The summed E-state index contributed by atoms with van der Waals surface area (Å²) in [6.45, 7) is 0. The maximum Gasteiger partial charge on any atom is 0.276 e. The monoisotopic (exact) mass is 323 g/mol. The minimum Gasteiger partial charge on any atom is -0.468 e. The van der Waals surface area contributed by atoms with Crippen molar-refractivity contribution in [2.45, 2.75) is 12.0 Å². The van der Waals surface area contributed by atoms with Gasteiger partial charge in [0.15, 0.2) is 5.76 Å². The standard InChI is InChI=1S/C19H14FNO3/c1-21-15-5-3-2-4-14(15)19(18(21)23)11-16(22)17(24-19)10-12-6-8-13(20)9-7-12/h2-10H,11H2,1H3/b17-10-. The number of allylic oxidation sites excluding steroid dienone is 1. The maximum atomic E-state index is 13.0. The Morgan fingerprint density at radius 1 is 1.12 bits per heavy atom. The summed E-state index contributed by atoms with van der Waals surface area (Å²) in [6, 6.07) is 13.0. The lowest BCUT2D eigenvalue weighted by atomic mass is 9.92. The smallest absolute Gasteiger partial charge is 0.276 e. The molecule has 4 rings (SSSR count). The van der Waals surface area contributed by atoms with Crippen molar-refractivity contribution in [1.82, 2.24) is 0 Å². The molecular formula is C19H14FNO3. The molecule has 1 amide bonds. The summed E-state index contributed by atoms with van der Waals surface area (Å²) in [4.78, 5) is 26.7. The molecule has 0 bridgehead atoms. The Labute approximate surface area is 138 Å². The van der Waals surface area contributed by atoms with Gasteiger partial charge in [-0.3, -0.25) is 9.59 Å². The number of ketones is 1.